The number of carbonyl (C=O) groups is 1. The third-order valence-corrected chi connectivity index (χ3v) is 4.02. The van der Waals surface area contributed by atoms with Crippen molar-refractivity contribution in [3.63, 3.8) is 0 Å². The number of hydrogen-bond donors (Lipinski definition) is 0. The first-order valence-electron chi connectivity index (χ1n) is 9.52. The third-order valence-electron chi connectivity index (χ3n) is 4.02. The van der Waals surface area contributed by atoms with Gasteiger partial charge in [0, 0.05) is 24.4 Å². The summed E-state index contributed by atoms with van der Waals surface area (Å²) in [4.78, 5) is 15.6. The molecule has 0 saturated carbocycles. The van der Waals surface area contributed by atoms with Crippen molar-refractivity contribution in [2.75, 3.05) is 0 Å². The van der Waals surface area contributed by atoms with Gasteiger partial charge in [0.05, 0.1) is 0 Å². The van der Waals surface area contributed by atoms with Crippen LogP contribution in [0.2, 0.25) is 0 Å². The standard InChI is InChI=1S/C21H33NO2/c1-2-3-4-5-6-7-8-9-10-11-12-13-16-21(23)24-19-20-15-14-17-22-18-20/h10-11,14-15,17-18H,2-9,12-13,16,19H2,1H3/b11-10-. The fourth-order valence-electron chi connectivity index (χ4n) is 2.54. The molecule has 0 radical (unpaired) electrons. The Morgan fingerprint density at radius 3 is 2.46 bits per heavy atom. The average molecular weight is 332 g/mol. The van der Waals surface area contributed by atoms with Gasteiger partial charge in [0.15, 0.2) is 0 Å². The molecule has 24 heavy (non-hydrogen) atoms. The maximum absolute atomic E-state index is 11.6. The van der Waals surface area contributed by atoms with Crippen LogP contribution in [-0.2, 0) is 16.1 Å². The molecule has 1 rings (SSSR count). The number of carbonyl (C=O) groups excluding carboxylic acids is 1. The van der Waals surface area contributed by atoms with E-state index in [9.17, 15) is 4.79 Å². The van der Waals surface area contributed by atoms with Crippen LogP contribution >= 0.6 is 0 Å². The first-order chi connectivity index (χ1) is 11.8. The van der Waals surface area contributed by atoms with Crippen LogP contribution in [0, 0.1) is 0 Å². The number of unbranched alkanes of at least 4 members (excludes halogenated alkanes) is 8. The molecule has 0 atom stereocenters. The Hall–Kier alpha value is -1.64. The number of esters is 1. The lowest BCUT2D eigenvalue weighted by Gasteiger charge is -2.03. The van der Waals surface area contributed by atoms with Gasteiger partial charge in [-0.3, -0.25) is 9.78 Å². The third kappa shape index (κ3) is 11.9. The Morgan fingerprint density at radius 2 is 1.75 bits per heavy atom. The van der Waals surface area contributed by atoms with Crippen LogP contribution in [0.5, 0.6) is 0 Å². The van der Waals surface area contributed by atoms with Gasteiger partial charge in [-0.15, -0.1) is 0 Å². The van der Waals surface area contributed by atoms with E-state index in [1.54, 1.807) is 12.4 Å². The molecule has 3 nitrogen and oxygen atoms in total. The normalized spacial score (nSPS) is 11.0. The summed E-state index contributed by atoms with van der Waals surface area (Å²) in [6, 6.07) is 3.76. The van der Waals surface area contributed by atoms with Gasteiger partial charge in [-0.1, -0.05) is 63.7 Å². The van der Waals surface area contributed by atoms with E-state index in [1.807, 2.05) is 12.1 Å². The number of hydrogen-bond acceptors (Lipinski definition) is 3. The highest BCUT2D eigenvalue weighted by atomic mass is 16.5. The van der Waals surface area contributed by atoms with Crippen LogP contribution < -0.4 is 0 Å². The average Bonchev–Trinajstić information content (AvgIpc) is 2.62. The van der Waals surface area contributed by atoms with E-state index < -0.39 is 0 Å². The molecule has 1 heterocycles. The van der Waals surface area contributed by atoms with E-state index in [1.165, 1.54) is 51.4 Å². The summed E-state index contributed by atoms with van der Waals surface area (Å²) in [6.45, 7) is 2.58. The zero-order valence-electron chi connectivity index (χ0n) is 15.2. The largest absolute Gasteiger partial charge is 0.461 e. The van der Waals surface area contributed by atoms with Crippen molar-refractivity contribution in [2.24, 2.45) is 0 Å². The highest BCUT2D eigenvalue weighted by Crippen LogP contribution is 2.09. The number of ether oxygens (including phenoxy) is 1. The van der Waals surface area contributed by atoms with Crippen LogP contribution in [0.3, 0.4) is 0 Å². The maximum Gasteiger partial charge on any atom is 0.306 e. The second-order valence-electron chi connectivity index (χ2n) is 6.30. The van der Waals surface area contributed by atoms with E-state index in [0.29, 0.717) is 13.0 Å². The van der Waals surface area contributed by atoms with Gasteiger partial charge in [0.1, 0.15) is 6.61 Å². The van der Waals surface area contributed by atoms with E-state index in [0.717, 1.165) is 18.4 Å². The lowest BCUT2D eigenvalue weighted by molar-refractivity contribution is -0.145. The van der Waals surface area contributed by atoms with Crippen molar-refractivity contribution >= 4 is 5.97 Å². The Balaban J connectivity index is 1.89. The van der Waals surface area contributed by atoms with Gasteiger partial charge in [-0.25, -0.2) is 0 Å². The van der Waals surface area contributed by atoms with Gasteiger partial charge in [-0.2, -0.15) is 0 Å². The van der Waals surface area contributed by atoms with Crippen LogP contribution in [0.15, 0.2) is 36.7 Å². The lowest BCUT2D eigenvalue weighted by atomic mass is 10.1. The highest BCUT2D eigenvalue weighted by molar-refractivity contribution is 5.69. The Labute approximate surface area is 147 Å². The number of allylic oxidation sites excluding steroid dienone is 2. The molecule has 0 N–H and O–H groups in total. The maximum atomic E-state index is 11.6. The number of nitrogens with zero attached hydrogens (tertiary/aromatic N) is 1. The van der Waals surface area contributed by atoms with Crippen molar-refractivity contribution in [3.8, 4) is 0 Å². The summed E-state index contributed by atoms with van der Waals surface area (Å²) in [7, 11) is 0. The second kappa shape index (κ2) is 14.9. The van der Waals surface area contributed by atoms with Gasteiger partial charge >= 0.3 is 5.97 Å². The van der Waals surface area contributed by atoms with E-state index >= 15 is 0 Å². The lowest BCUT2D eigenvalue weighted by Crippen LogP contribution is -2.04. The Morgan fingerprint density at radius 1 is 1.04 bits per heavy atom. The van der Waals surface area contributed by atoms with Crippen molar-refractivity contribution in [2.45, 2.75) is 84.2 Å². The fraction of sp³-hybridized carbons (Fsp3) is 0.619. The monoisotopic (exact) mass is 331 g/mol. The molecule has 0 aromatic carbocycles. The van der Waals surface area contributed by atoms with Crippen molar-refractivity contribution < 1.29 is 9.53 Å². The number of aromatic nitrogens is 1. The van der Waals surface area contributed by atoms with Gasteiger partial charge < -0.3 is 4.74 Å². The molecule has 0 bridgehead atoms. The first kappa shape index (κ1) is 20.4. The Bertz CT molecular complexity index is 442. The highest BCUT2D eigenvalue weighted by Gasteiger charge is 2.02. The van der Waals surface area contributed by atoms with Crippen LogP contribution in [0.25, 0.3) is 0 Å². The Kier molecular flexibility index (Phi) is 12.7. The molecule has 1 aromatic heterocycles. The van der Waals surface area contributed by atoms with Crippen molar-refractivity contribution in [1.82, 2.24) is 4.98 Å². The van der Waals surface area contributed by atoms with Crippen molar-refractivity contribution in [3.05, 3.63) is 42.2 Å². The summed E-state index contributed by atoms with van der Waals surface area (Å²) in [5.74, 6) is -0.126. The molecule has 3 heteroatoms. The number of pyridine rings is 1. The SMILES string of the molecule is CCCCCCCCC/C=C\CCCC(=O)OCc1cccnc1. The first-order valence-corrected chi connectivity index (χ1v) is 9.52. The quantitative estimate of drug-likeness (QED) is 0.239. The minimum atomic E-state index is -0.126. The van der Waals surface area contributed by atoms with Crippen LogP contribution in [0.4, 0.5) is 0 Å². The van der Waals surface area contributed by atoms with E-state index in [-0.39, 0.29) is 5.97 Å². The molecular weight excluding hydrogens is 298 g/mol. The molecule has 0 saturated heterocycles. The van der Waals surface area contributed by atoms with Crippen LogP contribution in [-0.4, -0.2) is 11.0 Å². The molecule has 0 fully saturated rings. The summed E-state index contributed by atoms with van der Waals surface area (Å²) in [5.41, 5.74) is 0.931. The minimum Gasteiger partial charge on any atom is -0.461 e. The molecular formula is C21H33NO2. The molecule has 0 aliphatic rings. The predicted molar refractivity (Wildman–Crippen MR) is 99.6 cm³/mol. The van der Waals surface area contributed by atoms with Crippen molar-refractivity contribution in [1.29, 1.82) is 0 Å². The molecule has 1 aromatic rings. The predicted octanol–water partition coefficient (Wildman–Crippen LogP) is 5.99. The van der Waals surface area contributed by atoms with E-state index in [4.69, 9.17) is 4.74 Å². The van der Waals surface area contributed by atoms with Gasteiger partial charge in [0.25, 0.3) is 0 Å². The smallest absolute Gasteiger partial charge is 0.306 e. The molecule has 0 amide bonds. The zero-order valence-corrected chi connectivity index (χ0v) is 15.2. The minimum absolute atomic E-state index is 0.126. The van der Waals surface area contributed by atoms with Gasteiger partial charge in [0.2, 0.25) is 0 Å². The van der Waals surface area contributed by atoms with Crippen LogP contribution in [0.1, 0.15) is 83.1 Å². The number of rotatable bonds is 14. The summed E-state index contributed by atoms with van der Waals surface area (Å²) in [6.07, 6.45) is 20.8. The summed E-state index contributed by atoms with van der Waals surface area (Å²) >= 11 is 0. The summed E-state index contributed by atoms with van der Waals surface area (Å²) < 4.78 is 5.22. The second-order valence-corrected chi connectivity index (χ2v) is 6.30. The topological polar surface area (TPSA) is 39.2 Å². The summed E-state index contributed by atoms with van der Waals surface area (Å²) in [5, 5.41) is 0. The molecule has 0 aliphatic carbocycles. The molecule has 0 aliphatic heterocycles. The molecule has 0 spiro atoms. The van der Waals surface area contributed by atoms with Gasteiger partial charge in [-0.05, 0) is 31.7 Å². The fourth-order valence-corrected chi connectivity index (χ4v) is 2.54. The van der Waals surface area contributed by atoms with E-state index in [2.05, 4.69) is 24.1 Å². The molecule has 134 valence electrons. The molecule has 0 unspecified atom stereocenters. The zero-order chi connectivity index (χ0) is 17.3.